The lowest BCUT2D eigenvalue weighted by Crippen LogP contribution is -2.32. The van der Waals surface area contributed by atoms with Gasteiger partial charge in [-0.05, 0) is 12.1 Å². The zero-order chi connectivity index (χ0) is 15.3. The maximum Gasteiger partial charge on any atom is 0.244 e. The van der Waals surface area contributed by atoms with Crippen molar-refractivity contribution in [3.8, 4) is 6.07 Å². The predicted molar refractivity (Wildman–Crippen MR) is 69.6 cm³/mol. The SMILES string of the molecule is CNC(=O)CCN(C)S(=O)(=O)c1cccc(F)c1C#N. The fourth-order valence-electron chi connectivity index (χ4n) is 1.50. The van der Waals surface area contributed by atoms with Crippen LogP contribution in [0, 0.1) is 17.1 Å². The lowest BCUT2D eigenvalue weighted by molar-refractivity contribution is -0.120. The Hall–Kier alpha value is -1.98. The van der Waals surface area contributed by atoms with E-state index in [1.807, 2.05) is 0 Å². The Balaban J connectivity index is 3.09. The molecule has 0 bridgehead atoms. The first-order chi connectivity index (χ1) is 9.34. The molecule has 0 fully saturated rings. The average molecular weight is 299 g/mol. The fourth-order valence-corrected chi connectivity index (χ4v) is 2.82. The zero-order valence-corrected chi connectivity index (χ0v) is 11.9. The van der Waals surface area contributed by atoms with Gasteiger partial charge in [-0.1, -0.05) is 6.07 Å². The van der Waals surface area contributed by atoms with Crippen molar-refractivity contribution in [2.24, 2.45) is 0 Å². The molecule has 0 saturated carbocycles. The lowest BCUT2D eigenvalue weighted by atomic mass is 10.2. The van der Waals surface area contributed by atoms with E-state index in [1.54, 1.807) is 6.07 Å². The zero-order valence-electron chi connectivity index (χ0n) is 11.1. The van der Waals surface area contributed by atoms with E-state index in [1.165, 1.54) is 20.2 Å². The van der Waals surface area contributed by atoms with Crippen LogP contribution >= 0.6 is 0 Å². The Morgan fingerprint density at radius 1 is 1.50 bits per heavy atom. The third kappa shape index (κ3) is 3.31. The van der Waals surface area contributed by atoms with Gasteiger partial charge in [0.2, 0.25) is 15.9 Å². The summed E-state index contributed by atoms with van der Waals surface area (Å²) in [4.78, 5) is 10.7. The standard InChI is InChI=1S/C12H14FN3O3S/c1-15-12(17)6-7-16(2)20(18,19)11-5-3-4-10(13)9(11)8-14/h3-5H,6-7H2,1-2H3,(H,15,17). The van der Waals surface area contributed by atoms with Gasteiger partial charge in [0.05, 0.1) is 0 Å². The molecule has 6 nitrogen and oxygen atoms in total. The number of nitriles is 1. The summed E-state index contributed by atoms with van der Waals surface area (Å²) in [5.41, 5.74) is -0.528. The summed E-state index contributed by atoms with van der Waals surface area (Å²) >= 11 is 0. The van der Waals surface area contributed by atoms with Crippen LogP contribution < -0.4 is 5.32 Å². The number of hydrogen-bond donors (Lipinski definition) is 1. The van der Waals surface area contributed by atoms with E-state index < -0.39 is 26.3 Å². The van der Waals surface area contributed by atoms with Crippen molar-refractivity contribution in [2.75, 3.05) is 20.6 Å². The molecule has 0 aliphatic rings. The van der Waals surface area contributed by atoms with Gasteiger partial charge in [-0.3, -0.25) is 4.79 Å². The molecule has 1 aromatic carbocycles. The third-order valence-electron chi connectivity index (χ3n) is 2.71. The first-order valence-corrected chi connectivity index (χ1v) is 7.14. The van der Waals surface area contributed by atoms with Crippen LogP contribution in [-0.2, 0) is 14.8 Å². The van der Waals surface area contributed by atoms with E-state index in [4.69, 9.17) is 5.26 Å². The Labute approximate surface area is 116 Å². The van der Waals surface area contributed by atoms with Crippen molar-refractivity contribution in [1.29, 1.82) is 5.26 Å². The van der Waals surface area contributed by atoms with Crippen molar-refractivity contribution < 1.29 is 17.6 Å². The summed E-state index contributed by atoms with van der Waals surface area (Å²) in [5.74, 6) is -1.21. The summed E-state index contributed by atoms with van der Waals surface area (Å²) in [6.45, 7) is -0.0661. The van der Waals surface area contributed by atoms with Crippen molar-refractivity contribution in [1.82, 2.24) is 9.62 Å². The first-order valence-electron chi connectivity index (χ1n) is 5.70. The number of benzene rings is 1. The molecule has 0 aliphatic carbocycles. The topological polar surface area (TPSA) is 90.3 Å². The van der Waals surface area contributed by atoms with Gasteiger partial charge in [0, 0.05) is 27.1 Å². The van der Waals surface area contributed by atoms with E-state index in [0.717, 1.165) is 16.4 Å². The van der Waals surface area contributed by atoms with Gasteiger partial charge >= 0.3 is 0 Å². The molecule has 20 heavy (non-hydrogen) atoms. The minimum absolute atomic E-state index is 0.0244. The van der Waals surface area contributed by atoms with Crippen molar-refractivity contribution in [3.05, 3.63) is 29.6 Å². The van der Waals surface area contributed by atoms with Crippen LogP contribution in [0.4, 0.5) is 4.39 Å². The molecule has 0 saturated heterocycles. The molecule has 1 N–H and O–H groups in total. The lowest BCUT2D eigenvalue weighted by Gasteiger charge is -2.17. The highest BCUT2D eigenvalue weighted by Gasteiger charge is 2.25. The molecule has 1 amide bonds. The summed E-state index contributed by atoms with van der Waals surface area (Å²) < 4.78 is 38.8. The van der Waals surface area contributed by atoms with Crippen molar-refractivity contribution in [3.63, 3.8) is 0 Å². The largest absolute Gasteiger partial charge is 0.359 e. The molecule has 0 spiro atoms. The summed E-state index contributed by atoms with van der Waals surface area (Å²) in [7, 11) is -1.31. The highest BCUT2D eigenvalue weighted by atomic mass is 32.2. The number of halogens is 1. The molecule has 8 heteroatoms. The second-order valence-electron chi connectivity index (χ2n) is 3.97. The van der Waals surface area contributed by atoms with E-state index in [0.29, 0.717) is 0 Å². The molecule has 108 valence electrons. The molecule has 0 aromatic heterocycles. The maximum atomic E-state index is 13.4. The van der Waals surface area contributed by atoms with Crippen LogP contribution in [0.3, 0.4) is 0 Å². The molecular formula is C12H14FN3O3S. The fraction of sp³-hybridized carbons (Fsp3) is 0.333. The van der Waals surface area contributed by atoms with Gasteiger partial charge in [-0.25, -0.2) is 17.1 Å². The highest BCUT2D eigenvalue weighted by molar-refractivity contribution is 7.89. The highest BCUT2D eigenvalue weighted by Crippen LogP contribution is 2.21. The van der Waals surface area contributed by atoms with Crippen molar-refractivity contribution >= 4 is 15.9 Å². The number of carbonyl (C=O) groups is 1. The van der Waals surface area contributed by atoms with Crippen molar-refractivity contribution in [2.45, 2.75) is 11.3 Å². The number of nitrogens with zero attached hydrogens (tertiary/aromatic N) is 2. The van der Waals surface area contributed by atoms with Gasteiger partial charge in [0.15, 0.2) is 0 Å². The molecular weight excluding hydrogens is 285 g/mol. The van der Waals surface area contributed by atoms with Crippen LogP contribution in [0.1, 0.15) is 12.0 Å². The smallest absolute Gasteiger partial charge is 0.244 e. The summed E-state index contributed by atoms with van der Waals surface area (Å²) in [5, 5.41) is 11.2. The average Bonchev–Trinajstić information content (AvgIpc) is 2.43. The molecule has 0 heterocycles. The molecule has 1 rings (SSSR count). The normalized spacial score (nSPS) is 11.2. The Kier molecular flexibility index (Phi) is 5.19. The predicted octanol–water partition coefficient (Wildman–Crippen LogP) is 0.454. The van der Waals surface area contributed by atoms with E-state index in [9.17, 15) is 17.6 Å². The Bertz CT molecular complexity index is 652. The summed E-state index contributed by atoms with van der Waals surface area (Å²) in [6, 6.07) is 4.93. The monoisotopic (exact) mass is 299 g/mol. The molecule has 1 aromatic rings. The number of amides is 1. The van der Waals surface area contributed by atoms with Crippen LogP contribution in [0.5, 0.6) is 0 Å². The van der Waals surface area contributed by atoms with Crippen LogP contribution in [0.25, 0.3) is 0 Å². The third-order valence-corrected chi connectivity index (χ3v) is 4.61. The van der Waals surface area contributed by atoms with E-state index >= 15 is 0 Å². The molecule has 0 atom stereocenters. The quantitative estimate of drug-likeness (QED) is 0.855. The van der Waals surface area contributed by atoms with Crippen LogP contribution in [0.15, 0.2) is 23.1 Å². The minimum atomic E-state index is -4.02. The molecule has 0 unspecified atom stereocenters. The van der Waals surface area contributed by atoms with Gasteiger partial charge in [-0.15, -0.1) is 0 Å². The van der Waals surface area contributed by atoms with Gasteiger partial charge in [0.25, 0.3) is 0 Å². The molecule has 0 aliphatic heterocycles. The van der Waals surface area contributed by atoms with Crippen LogP contribution in [-0.4, -0.2) is 39.3 Å². The van der Waals surface area contributed by atoms with Gasteiger partial charge in [0.1, 0.15) is 22.3 Å². The van der Waals surface area contributed by atoms with Crippen LogP contribution in [0.2, 0.25) is 0 Å². The Morgan fingerprint density at radius 3 is 2.70 bits per heavy atom. The first kappa shape index (κ1) is 16.1. The van der Waals surface area contributed by atoms with Gasteiger partial charge in [-0.2, -0.15) is 5.26 Å². The number of carbonyl (C=O) groups excluding carboxylic acids is 1. The summed E-state index contributed by atoms with van der Waals surface area (Å²) in [6.07, 6.45) is -0.0244. The van der Waals surface area contributed by atoms with E-state index in [2.05, 4.69) is 5.32 Å². The molecule has 0 radical (unpaired) electrons. The minimum Gasteiger partial charge on any atom is -0.359 e. The number of rotatable bonds is 5. The number of nitrogens with one attached hydrogen (secondary N) is 1. The Morgan fingerprint density at radius 2 is 2.15 bits per heavy atom. The second-order valence-corrected chi connectivity index (χ2v) is 5.99. The van der Waals surface area contributed by atoms with Gasteiger partial charge < -0.3 is 5.32 Å². The van der Waals surface area contributed by atoms with E-state index in [-0.39, 0.29) is 18.9 Å². The second kappa shape index (κ2) is 6.45. The number of sulfonamides is 1. The maximum absolute atomic E-state index is 13.4. The number of hydrogen-bond acceptors (Lipinski definition) is 4.